The van der Waals surface area contributed by atoms with Gasteiger partial charge >= 0.3 is 0 Å². The molecule has 25 heavy (non-hydrogen) atoms. The molecule has 0 saturated carbocycles. The molecule has 0 fully saturated rings. The van der Waals surface area contributed by atoms with E-state index >= 15 is 0 Å². The zero-order chi connectivity index (χ0) is 17.8. The van der Waals surface area contributed by atoms with Crippen molar-refractivity contribution in [2.45, 2.75) is 46.8 Å². The number of guanidine groups is 1. The van der Waals surface area contributed by atoms with Crippen LogP contribution < -0.4 is 15.4 Å². The number of nitrogens with one attached hydrogen (secondary N) is 2. The number of ether oxygens (including phenoxy) is 2. The molecule has 0 heterocycles. The Morgan fingerprint density at radius 1 is 1.16 bits per heavy atom. The fourth-order valence-electron chi connectivity index (χ4n) is 1.97. The van der Waals surface area contributed by atoms with E-state index in [4.69, 9.17) is 9.47 Å². The van der Waals surface area contributed by atoms with E-state index in [-0.39, 0.29) is 24.0 Å². The van der Waals surface area contributed by atoms with Crippen LogP contribution in [0.1, 0.15) is 39.7 Å². The monoisotopic (exact) mass is 463 g/mol. The van der Waals surface area contributed by atoms with Crippen LogP contribution >= 0.6 is 24.0 Å². The Morgan fingerprint density at radius 2 is 1.84 bits per heavy atom. The van der Waals surface area contributed by atoms with Crippen molar-refractivity contribution < 1.29 is 9.47 Å². The van der Waals surface area contributed by atoms with Crippen LogP contribution in [-0.2, 0) is 11.3 Å². The Labute approximate surface area is 170 Å². The summed E-state index contributed by atoms with van der Waals surface area (Å²) in [5.41, 5.74) is 1.15. The summed E-state index contributed by atoms with van der Waals surface area (Å²) >= 11 is 0. The highest BCUT2D eigenvalue weighted by Crippen LogP contribution is 2.11. The van der Waals surface area contributed by atoms with Crippen molar-refractivity contribution in [3.8, 4) is 5.75 Å². The molecule has 1 aromatic rings. The Morgan fingerprint density at radius 3 is 2.40 bits per heavy atom. The number of hydrogen-bond donors (Lipinski definition) is 2. The summed E-state index contributed by atoms with van der Waals surface area (Å²) in [6, 6.07) is 8.35. The van der Waals surface area contributed by atoms with Crippen LogP contribution in [-0.4, -0.2) is 38.8 Å². The molecule has 0 saturated heterocycles. The van der Waals surface area contributed by atoms with E-state index in [1.165, 1.54) is 0 Å². The molecule has 0 aliphatic carbocycles. The second kappa shape index (κ2) is 14.2. The van der Waals surface area contributed by atoms with Crippen LogP contribution in [0.4, 0.5) is 0 Å². The fourth-order valence-corrected chi connectivity index (χ4v) is 1.97. The Bertz CT molecular complexity index is 478. The first-order chi connectivity index (χ1) is 11.6. The summed E-state index contributed by atoms with van der Waals surface area (Å²) < 4.78 is 10.8. The van der Waals surface area contributed by atoms with E-state index in [0.717, 1.165) is 36.8 Å². The molecular formula is C19H34IN3O2. The van der Waals surface area contributed by atoms with E-state index in [0.29, 0.717) is 25.2 Å². The fraction of sp³-hybridized carbons (Fsp3) is 0.632. The Hall–Kier alpha value is -1.02. The van der Waals surface area contributed by atoms with Crippen molar-refractivity contribution in [3.05, 3.63) is 29.8 Å². The second-order valence-electron chi connectivity index (χ2n) is 6.19. The average molecular weight is 463 g/mol. The van der Waals surface area contributed by atoms with Crippen LogP contribution in [0.15, 0.2) is 29.3 Å². The van der Waals surface area contributed by atoms with Crippen molar-refractivity contribution in [2.75, 3.05) is 26.8 Å². The molecule has 1 unspecified atom stereocenters. The molecule has 1 aromatic carbocycles. The number of methoxy groups -OCH3 is 1. The molecule has 0 spiro atoms. The summed E-state index contributed by atoms with van der Waals surface area (Å²) in [6.07, 6.45) is 0.906. The number of halogens is 1. The molecule has 1 rings (SSSR count). The second-order valence-corrected chi connectivity index (χ2v) is 6.19. The first kappa shape index (κ1) is 24.0. The standard InChI is InChI=1S/C19H33N3O2.HI/c1-6-20-19(22-16(4)15(2)3)21-12-7-13-24-14-17-8-10-18(23-5)11-9-17;/h8-11,15-16H,6-7,12-14H2,1-5H3,(H2,20,21,22);1H. The highest BCUT2D eigenvalue weighted by atomic mass is 127. The number of benzene rings is 1. The zero-order valence-corrected chi connectivity index (χ0v) is 18.5. The highest BCUT2D eigenvalue weighted by molar-refractivity contribution is 14.0. The minimum Gasteiger partial charge on any atom is -0.497 e. The van der Waals surface area contributed by atoms with Gasteiger partial charge in [0.2, 0.25) is 0 Å². The van der Waals surface area contributed by atoms with Crippen LogP contribution in [0.25, 0.3) is 0 Å². The minimum atomic E-state index is 0. The maximum atomic E-state index is 5.70. The number of aliphatic imine (C=N–C) groups is 1. The lowest BCUT2D eigenvalue weighted by Crippen LogP contribution is -2.44. The summed E-state index contributed by atoms with van der Waals surface area (Å²) in [7, 11) is 1.67. The lowest BCUT2D eigenvalue weighted by Gasteiger charge is -2.20. The molecule has 0 amide bonds. The third-order valence-corrected chi connectivity index (χ3v) is 3.85. The maximum absolute atomic E-state index is 5.70. The topological polar surface area (TPSA) is 54.9 Å². The van der Waals surface area contributed by atoms with Gasteiger partial charge in [-0.1, -0.05) is 26.0 Å². The summed E-state index contributed by atoms with van der Waals surface area (Å²) in [5, 5.41) is 6.71. The molecule has 1 atom stereocenters. The third-order valence-electron chi connectivity index (χ3n) is 3.85. The van der Waals surface area contributed by atoms with Crippen molar-refractivity contribution in [1.29, 1.82) is 0 Å². The maximum Gasteiger partial charge on any atom is 0.191 e. The molecule has 0 bridgehead atoms. The SMILES string of the molecule is CCNC(=NCCCOCc1ccc(OC)cc1)NC(C)C(C)C.I. The average Bonchev–Trinajstić information content (AvgIpc) is 2.58. The van der Waals surface area contributed by atoms with E-state index in [1.54, 1.807) is 7.11 Å². The van der Waals surface area contributed by atoms with Gasteiger partial charge in [-0.05, 0) is 43.9 Å². The van der Waals surface area contributed by atoms with Crippen molar-refractivity contribution in [2.24, 2.45) is 10.9 Å². The largest absolute Gasteiger partial charge is 0.497 e. The molecule has 0 aliphatic rings. The molecule has 2 N–H and O–H groups in total. The summed E-state index contributed by atoms with van der Waals surface area (Å²) in [5.74, 6) is 2.32. The zero-order valence-electron chi connectivity index (χ0n) is 16.2. The molecule has 5 nitrogen and oxygen atoms in total. The van der Waals surface area contributed by atoms with Gasteiger partial charge in [-0.25, -0.2) is 0 Å². The predicted molar refractivity (Wildman–Crippen MR) is 116 cm³/mol. The highest BCUT2D eigenvalue weighted by Gasteiger charge is 2.08. The van der Waals surface area contributed by atoms with Gasteiger partial charge in [0.15, 0.2) is 5.96 Å². The predicted octanol–water partition coefficient (Wildman–Crippen LogP) is 3.82. The van der Waals surface area contributed by atoms with Gasteiger partial charge in [0, 0.05) is 25.7 Å². The smallest absolute Gasteiger partial charge is 0.191 e. The first-order valence-corrected chi connectivity index (χ1v) is 8.82. The molecule has 0 aromatic heterocycles. The molecule has 6 heteroatoms. The molecule has 0 radical (unpaired) electrons. The van der Waals surface area contributed by atoms with Crippen LogP contribution in [0.2, 0.25) is 0 Å². The first-order valence-electron chi connectivity index (χ1n) is 8.82. The molecular weight excluding hydrogens is 429 g/mol. The molecule has 0 aliphatic heterocycles. The van der Waals surface area contributed by atoms with Crippen LogP contribution in [0, 0.1) is 5.92 Å². The quantitative estimate of drug-likeness (QED) is 0.240. The van der Waals surface area contributed by atoms with E-state index in [9.17, 15) is 0 Å². The lowest BCUT2D eigenvalue weighted by atomic mass is 10.1. The Balaban J connectivity index is 0.00000576. The van der Waals surface area contributed by atoms with Crippen molar-refractivity contribution in [1.82, 2.24) is 10.6 Å². The van der Waals surface area contributed by atoms with Gasteiger partial charge < -0.3 is 20.1 Å². The van der Waals surface area contributed by atoms with Crippen LogP contribution in [0.3, 0.4) is 0 Å². The van der Waals surface area contributed by atoms with Gasteiger partial charge in [0.05, 0.1) is 13.7 Å². The van der Waals surface area contributed by atoms with Crippen molar-refractivity contribution >= 4 is 29.9 Å². The normalized spacial score (nSPS) is 12.5. The van der Waals surface area contributed by atoms with Gasteiger partial charge in [-0.15, -0.1) is 24.0 Å². The minimum absolute atomic E-state index is 0. The van der Waals surface area contributed by atoms with E-state index < -0.39 is 0 Å². The van der Waals surface area contributed by atoms with E-state index in [2.05, 4.69) is 43.3 Å². The van der Waals surface area contributed by atoms with Crippen LogP contribution in [0.5, 0.6) is 5.75 Å². The summed E-state index contributed by atoms with van der Waals surface area (Å²) in [4.78, 5) is 4.60. The number of hydrogen-bond acceptors (Lipinski definition) is 3. The number of nitrogens with zero attached hydrogens (tertiary/aromatic N) is 1. The van der Waals surface area contributed by atoms with Gasteiger partial charge in [-0.3, -0.25) is 4.99 Å². The third kappa shape index (κ3) is 10.5. The Kier molecular flexibility index (Phi) is 13.6. The van der Waals surface area contributed by atoms with Gasteiger partial charge in [-0.2, -0.15) is 0 Å². The molecule has 144 valence electrons. The number of rotatable bonds is 10. The lowest BCUT2D eigenvalue weighted by molar-refractivity contribution is 0.120. The summed E-state index contributed by atoms with van der Waals surface area (Å²) in [6.45, 7) is 11.6. The van der Waals surface area contributed by atoms with Crippen molar-refractivity contribution in [3.63, 3.8) is 0 Å². The van der Waals surface area contributed by atoms with E-state index in [1.807, 2.05) is 24.3 Å². The van der Waals surface area contributed by atoms with Gasteiger partial charge in [0.1, 0.15) is 5.75 Å². The van der Waals surface area contributed by atoms with Gasteiger partial charge in [0.25, 0.3) is 0 Å².